The molecule has 0 bridgehead atoms. The van der Waals surface area contributed by atoms with E-state index in [4.69, 9.17) is 16.6 Å². The van der Waals surface area contributed by atoms with Crippen LogP contribution in [0.15, 0.2) is 83.3 Å². The first kappa shape index (κ1) is 21.9. The quantitative estimate of drug-likeness (QED) is 0.230. The molecule has 4 nitrogen and oxygen atoms in total. The van der Waals surface area contributed by atoms with E-state index in [-0.39, 0.29) is 0 Å². The number of hydrogen-bond donors (Lipinski definition) is 0. The highest BCUT2D eigenvalue weighted by Crippen LogP contribution is 2.32. The molecule has 2 heterocycles. The van der Waals surface area contributed by atoms with Crippen molar-refractivity contribution in [1.82, 2.24) is 19.7 Å². The van der Waals surface area contributed by atoms with E-state index >= 15 is 0 Å². The molecule has 5 rings (SSSR count). The fourth-order valence-corrected chi connectivity index (χ4v) is 5.37. The number of aryl methyl sites for hydroxylation is 2. The highest BCUT2D eigenvalue weighted by Gasteiger charge is 2.17. The summed E-state index contributed by atoms with van der Waals surface area (Å²) in [6.45, 7) is 4.26. The van der Waals surface area contributed by atoms with Gasteiger partial charge in [-0.1, -0.05) is 71.9 Å². The highest BCUT2D eigenvalue weighted by molar-refractivity contribution is 7.98. The van der Waals surface area contributed by atoms with Crippen molar-refractivity contribution in [2.75, 3.05) is 0 Å². The van der Waals surface area contributed by atoms with Gasteiger partial charge in [-0.15, -0.1) is 21.5 Å². The number of nitrogens with zero attached hydrogens (tertiary/aromatic N) is 4. The van der Waals surface area contributed by atoms with E-state index in [9.17, 15) is 0 Å². The van der Waals surface area contributed by atoms with E-state index in [2.05, 4.69) is 64.3 Å². The average Bonchev–Trinajstić information content (AvgIpc) is 3.48. The summed E-state index contributed by atoms with van der Waals surface area (Å²) in [5.41, 5.74) is 6.69. The van der Waals surface area contributed by atoms with Gasteiger partial charge in [0.05, 0.1) is 11.4 Å². The van der Waals surface area contributed by atoms with Crippen LogP contribution in [-0.2, 0) is 5.75 Å². The van der Waals surface area contributed by atoms with Crippen molar-refractivity contribution in [2.24, 2.45) is 0 Å². The van der Waals surface area contributed by atoms with Crippen molar-refractivity contribution in [1.29, 1.82) is 0 Å². The van der Waals surface area contributed by atoms with Gasteiger partial charge in [-0.25, -0.2) is 4.98 Å². The van der Waals surface area contributed by atoms with Crippen LogP contribution in [0, 0.1) is 13.8 Å². The molecule has 0 unspecified atom stereocenters. The second-order valence-corrected chi connectivity index (χ2v) is 9.95. The van der Waals surface area contributed by atoms with E-state index in [0.29, 0.717) is 5.75 Å². The lowest BCUT2D eigenvalue weighted by Gasteiger charge is -2.12. The summed E-state index contributed by atoms with van der Waals surface area (Å²) in [6.07, 6.45) is 0. The summed E-state index contributed by atoms with van der Waals surface area (Å²) in [5.74, 6) is 1.54. The molecule has 7 heteroatoms. The molecule has 0 saturated carbocycles. The number of halogens is 1. The standard InChI is InChI=1S/C26H21ClN4S2/c1-17-8-13-23(14-18(17)2)31-24(19-6-4-3-5-7-19)29-30-26(31)33-16-22-15-32-25(28-22)20-9-11-21(27)12-10-20/h3-15H,16H2,1-2H3. The van der Waals surface area contributed by atoms with Crippen LogP contribution in [0.25, 0.3) is 27.6 Å². The molecule has 0 atom stereocenters. The Labute approximate surface area is 206 Å². The van der Waals surface area contributed by atoms with E-state index in [1.807, 2.05) is 42.5 Å². The molecule has 0 aliphatic carbocycles. The fourth-order valence-electron chi connectivity index (χ4n) is 3.47. The summed E-state index contributed by atoms with van der Waals surface area (Å²) >= 11 is 9.30. The number of rotatable bonds is 6. The minimum absolute atomic E-state index is 0.710. The van der Waals surface area contributed by atoms with Crippen LogP contribution < -0.4 is 0 Å². The van der Waals surface area contributed by atoms with E-state index in [1.54, 1.807) is 23.1 Å². The predicted molar refractivity (Wildman–Crippen MR) is 138 cm³/mol. The summed E-state index contributed by atoms with van der Waals surface area (Å²) in [4.78, 5) is 4.82. The first-order valence-corrected chi connectivity index (χ1v) is 12.7. The molecule has 0 N–H and O–H groups in total. The lowest BCUT2D eigenvalue weighted by Crippen LogP contribution is -2.01. The number of thiazole rings is 1. The third-order valence-corrected chi connectivity index (χ3v) is 7.56. The summed E-state index contributed by atoms with van der Waals surface area (Å²) in [7, 11) is 0. The van der Waals surface area contributed by atoms with Crippen molar-refractivity contribution in [3.63, 3.8) is 0 Å². The van der Waals surface area contributed by atoms with Gasteiger partial charge in [0, 0.05) is 27.3 Å². The molecule has 0 spiro atoms. The molecule has 2 aromatic heterocycles. The summed E-state index contributed by atoms with van der Waals surface area (Å²) in [6, 6.07) is 24.4. The first-order chi connectivity index (χ1) is 16.1. The number of benzene rings is 3. The molecule has 164 valence electrons. The largest absolute Gasteiger partial charge is 0.270 e. The van der Waals surface area contributed by atoms with Gasteiger partial charge in [0.25, 0.3) is 0 Å². The zero-order chi connectivity index (χ0) is 22.8. The second-order valence-electron chi connectivity index (χ2n) is 7.72. The van der Waals surface area contributed by atoms with Crippen LogP contribution in [0.4, 0.5) is 0 Å². The Morgan fingerprint density at radius 2 is 1.67 bits per heavy atom. The van der Waals surface area contributed by atoms with Crippen molar-refractivity contribution < 1.29 is 0 Å². The van der Waals surface area contributed by atoms with Crippen LogP contribution in [0.1, 0.15) is 16.8 Å². The molecule has 0 aliphatic heterocycles. The van der Waals surface area contributed by atoms with Crippen molar-refractivity contribution in [3.8, 4) is 27.6 Å². The molecule has 0 radical (unpaired) electrons. The normalized spacial score (nSPS) is 11.1. The molecule has 0 amide bonds. The lowest BCUT2D eigenvalue weighted by molar-refractivity contribution is 0.884. The van der Waals surface area contributed by atoms with Crippen LogP contribution in [0.2, 0.25) is 5.02 Å². The monoisotopic (exact) mass is 488 g/mol. The Hall–Kier alpha value is -2.93. The van der Waals surface area contributed by atoms with E-state index in [0.717, 1.165) is 43.5 Å². The Morgan fingerprint density at radius 1 is 0.879 bits per heavy atom. The molecule has 0 saturated heterocycles. The zero-order valence-corrected chi connectivity index (χ0v) is 20.6. The van der Waals surface area contributed by atoms with E-state index in [1.165, 1.54) is 11.1 Å². The second kappa shape index (κ2) is 9.51. The van der Waals surface area contributed by atoms with Crippen LogP contribution in [-0.4, -0.2) is 19.7 Å². The molecule has 5 aromatic rings. The van der Waals surface area contributed by atoms with Gasteiger partial charge < -0.3 is 0 Å². The van der Waals surface area contributed by atoms with Crippen LogP contribution >= 0.6 is 34.7 Å². The molecule has 3 aromatic carbocycles. The number of thioether (sulfide) groups is 1. The Balaban J connectivity index is 1.45. The number of aromatic nitrogens is 4. The van der Waals surface area contributed by atoms with Gasteiger partial charge in [0.2, 0.25) is 0 Å². The van der Waals surface area contributed by atoms with Crippen molar-refractivity contribution in [3.05, 3.63) is 100 Å². The maximum absolute atomic E-state index is 6.02. The predicted octanol–water partition coefficient (Wildman–Crippen LogP) is 7.62. The van der Waals surface area contributed by atoms with Crippen molar-refractivity contribution in [2.45, 2.75) is 24.8 Å². The van der Waals surface area contributed by atoms with Gasteiger partial charge >= 0.3 is 0 Å². The molecule has 33 heavy (non-hydrogen) atoms. The van der Waals surface area contributed by atoms with Crippen LogP contribution in [0.3, 0.4) is 0 Å². The minimum atomic E-state index is 0.710. The molecular formula is C26H21ClN4S2. The van der Waals surface area contributed by atoms with Gasteiger partial charge in [-0.05, 0) is 49.2 Å². The van der Waals surface area contributed by atoms with Crippen molar-refractivity contribution >= 4 is 34.7 Å². The maximum Gasteiger partial charge on any atom is 0.196 e. The third-order valence-electron chi connectivity index (χ3n) is 5.41. The molecular weight excluding hydrogens is 468 g/mol. The number of hydrogen-bond acceptors (Lipinski definition) is 5. The van der Waals surface area contributed by atoms with Gasteiger partial charge in [0.1, 0.15) is 5.01 Å². The lowest BCUT2D eigenvalue weighted by atomic mass is 10.1. The fraction of sp³-hybridized carbons (Fsp3) is 0.115. The highest BCUT2D eigenvalue weighted by atomic mass is 35.5. The Bertz CT molecular complexity index is 1390. The molecule has 0 aliphatic rings. The Morgan fingerprint density at radius 3 is 2.42 bits per heavy atom. The first-order valence-electron chi connectivity index (χ1n) is 10.5. The summed E-state index contributed by atoms with van der Waals surface area (Å²) in [5, 5.41) is 13.8. The maximum atomic E-state index is 6.02. The smallest absolute Gasteiger partial charge is 0.196 e. The zero-order valence-electron chi connectivity index (χ0n) is 18.2. The molecule has 0 fully saturated rings. The van der Waals surface area contributed by atoms with E-state index < -0.39 is 0 Å². The van der Waals surface area contributed by atoms with Gasteiger partial charge in [0.15, 0.2) is 11.0 Å². The van der Waals surface area contributed by atoms with Gasteiger partial charge in [-0.2, -0.15) is 0 Å². The minimum Gasteiger partial charge on any atom is -0.270 e. The third kappa shape index (κ3) is 4.74. The van der Waals surface area contributed by atoms with Gasteiger partial charge in [-0.3, -0.25) is 4.57 Å². The summed E-state index contributed by atoms with van der Waals surface area (Å²) < 4.78 is 2.14. The Kier molecular flexibility index (Phi) is 6.31. The van der Waals surface area contributed by atoms with Crippen LogP contribution in [0.5, 0.6) is 0 Å². The topological polar surface area (TPSA) is 43.6 Å². The average molecular weight is 489 g/mol. The SMILES string of the molecule is Cc1ccc(-n2c(SCc3csc(-c4ccc(Cl)cc4)n3)nnc2-c2ccccc2)cc1C.